The van der Waals surface area contributed by atoms with Crippen LogP contribution in [0.3, 0.4) is 0 Å². The van der Waals surface area contributed by atoms with Gasteiger partial charge in [0.2, 0.25) is 5.91 Å². The van der Waals surface area contributed by atoms with Gasteiger partial charge in [-0.05, 0) is 38.4 Å². The molecule has 0 unspecified atom stereocenters. The largest absolute Gasteiger partial charge is 0.378 e. The molecule has 1 aromatic carbocycles. The van der Waals surface area contributed by atoms with Gasteiger partial charge in [-0.15, -0.1) is 0 Å². The lowest BCUT2D eigenvalue weighted by atomic mass is 10.1. The van der Waals surface area contributed by atoms with E-state index in [0.717, 1.165) is 24.9 Å². The van der Waals surface area contributed by atoms with Gasteiger partial charge in [0, 0.05) is 18.7 Å². The normalized spacial score (nSPS) is 21.3. The Balaban J connectivity index is 1.43. The monoisotopic (exact) mass is 356 g/mol. The van der Waals surface area contributed by atoms with Crippen LogP contribution in [0.25, 0.3) is 11.5 Å². The summed E-state index contributed by atoms with van der Waals surface area (Å²) in [6.07, 6.45) is 1.91. The first-order valence-corrected chi connectivity index (χ1v) is 9.21. The van der Waals surface area contributed by atoms with Gasteiger partial charge in [0.05, 0.1) is 25.8 Å². The van der Waals surface area contributed by atoms with Crippen LogP contribution in [-0.4, -0.2) is 64.7 Å². The molecular formula is C19H24N4O3. The number of rotatable bonds is 4. The van der Waals surface area contributed by atoms with Crippen molar-refractivity contribution in [1.82, 2.24) is 19.9 Å². The third-order valence-electron chi connectivity index (χ3n) is 5.08. The third-order valence-corrected chi connectivity index (χ3v) is 5.08. The molecule has 1 aromatic heterocycles. The van der Waals surface area contributed by atoms with Gasteiger partial charge in [-0.2, -0.15) is 4.98 Å². The summed E-state index contributed by atoms with van der Waals surface area (Å²) in [6.45, 7) is 6.09. The van der Waals surface area contributed by atoms with Crippen molar-refractivity contribution in [2.24, 2.45) is 0 Å². The van der Waals surface area contributed by atoms with Crippen LogP contribution in [0.1, 0.15) is 24.2 Å². The molecule has 1 amide bonds. The summed E-state index contributed by atoms with van der Waals surface area (Å²) in [6, 6.07) is 7.92. The maximum absolute atomic E-state index is 12.8. The van der Waals surface area contributed by atoms with E-state index in [1.165, 1.54) is 5.56 Å². The van der Waals surface area contributed by atoms with E-state index in [9.17, 15) is 4.79 Å². The molecule has 1 atom stereocenters. The molecule has 4 rings (SSSR count). The molecule has 7 nitrogen and oxygen atoms in total. The van der Waals surface area contributed by atoms with Gasteiger partial charge in [-0.3, -0.25) is 9.69 Å². The number of carbonyl (C=O) groups is 1. The fourth-order valence-corrected chi connectivity index (χ4v) is 3.60. The molecule has 0 bridgehead atoms. The maximum atomic E-state index is 12.8. The van der Waals surface area contributed by atoms with E-state index in [1.807, 2.05) is 36.1 Å². The van der Waals surface area contributed by atoms with E-state index in [1.54, 1.807) is 0 Å². The first-order valence-electron chi connectivity index (χ1n) is 9.21. The Labute approximate surface area is 152 Å². The highest BCUT2D eigenvalue weighted by Gasteiger charge is 2.34. The SMILES string of the molecule is Cc1ccc(-c2nc(CN3CCC[C@H]3C(=O)N3CCOCC3)no2)cc1. The summed E-state index contributed by atoms with van der Waals surface area (Å²) in [5.41, 5.74) is 2.10. The zero-order valence-corrected chi connectivity index (χ0v) is 15.1. The van der Waals surface area contributed by atoms with Crippen molar-refractivity contribution in [2.45, 2.75) is 32.4 Å². The highest BCUT2D eigenvalue weighted by molar-refractivity contribution is 5.82. The Kier molecular flexibility index (Phi) is 4.99. The number of amides is 1. The van der Waals surface area contributed by atoms with Crippen molar-refractivity contribution >= 4 is 5.91 Å². The van der Waals surface area contributed by atoms with Crippen LogP contribution in [0.4, 0.5) is 0 Å². The van der Waals surface area contributed by atoms with Gasteiger partial charge in [-0.25, -0.2) is 0 Å². The quantitative estimate of drug-likeness (QED) is 0.833. The Morgan fingerprint density at radius 1 is 1.19 bits per heavy atom. The highest BCUT2D eigenvalue weighted by Crippen LogP contribution is 2.23. The first kappa shape index (κ1) is 17.2. The molecule has 26 heavy (non-hydrogen) atoms. The summed E-state index contributed by atoms with van der Waals surface area (Å²) in [7, 11) is 0. The molecule has 7 heteroatoms. The van der Waals surface area contributed by atoms with Crippen LogP contribution in [0.2, 0.25) is 0 Å². The number of ether oxygens (including phenoxy) is 1. The number of nitrogens with zero attached hydrogens (tertiary/aromatic N) is 4. The van der Waals surface area contributed by atoms with Crippen molar-refractivity contribution in [1.29, 1.82) is 0 Å². The predicted octanol–water partition coefficient (Wildman–Crippen LogP) is 1.87. The van der Waals surface area contributed by atoms with Gasteiger partial charge in [-0.1, -0.05) is 22.9 Å². The number of aromatic nitrogens is 2. The van der Waals surface area contributed by atoms with E-state index < -0.39 is 0 Å². The van der Waals surface area contributed by atoms with Crippen LogP contribution >= 0.6 is 0 Å². The Hall–Kier alpha value is -2.25. The van der Waals surface area contributed by atoms with E-state index in [-0.39, 0.29) is 11.9 Å². The van der Waals surface area contributed by atoms with Crippen molar-refractivity contribution in [3.8, 4) is 11.5 Å². The molecule has 2 aromatic rings. The fourth-order valence-electron chi connectivity index (χ4n) is 3.60. The lowest BCUT2D eigenvalue weighted by Crippen LogP contribution is -2.49. The van der Waals surface area contributed by atoms with E-state index in [0.29, 0.717) is 44.6 Å². The number of benzene rings is 1. The minimum atomic E-state index is -0.0885. The van der Waals surface area contributed by atoms with Crippen molar-refractivity contribution in [3.63, 3.8) is 0 Å². The smallest absolute Gasteiger partial charge is 0.257 e. The van der Waals surface area contributed by atoms with Crippen LogP contribution in [0, 0.1) is 6.92 Å². The molecule has 3 heterocycles. The van der Waals surface area contributed by atoms with Crippen molar-refractivity contribution < 1.29 is 14.1 Å². The minimum Gasteiger partial charge on any atom is -0.378 e. The lowest BCUT2D eigenvalue weighted by molar-refractivity contribution is -0.140. The minimum absolute atomic E-state index is 0.0885. The van der Waals surface area contributed by atoms with Crippen LogP contribution in [0.15, 0.2) is 28.8 Å². The lowest BCUT2D eigenvalue weighted by Gasteiger charge is -2.32. The molecule has 0 spiro atoms. The number of morpholine rings is 1. The summed E-state index contributed by atoms with van der Waals surface area (Å²) < 4.78 is 10.8. The summed E-state index contributed by atoms with van der Waals surface area (Å²) in [4.78, 5) is 21.4. The second-order valence-corrected chi connectivity index (χ2v) is 6.95. The van der Waals surface area contributed by atoms with Crippen LogP contribution in [0.5, 0.6) is 0 Å². The van der Waals surface area contributed by atoms with Crippen LogP contribution < -0.4 is 0 Å². The average Bonchev–Trinajstić information content (AvgIpc) is 3.33. The molecule has 0 radical (unpaired) electrons. The van der Waals surface area contributed by atoms with Crippen molar-refractivity contribution in [3.05, 3.63) is 35.7 Å². The van der Waals surface area contributed by atoms with Crippen molar-refractivity contribution in [2.75, 3.05) is 32.8 Å². The Bertz CT molecular complexity index is 752. The molecule has 0 aliphatic carbocycles. The number of hydrogen-bond donors (Lipinski definition) is 0. The molecule has 0 saturated carbocycles. The zero-order chi connectivity index (χ0) is 17.9. The molecule has 0 N–H and O–H groups in total. The topological polar surface area (TPSA) is 71.7 Å². The van der Waals surface area contributed by atoms with Crippen LogP contribution in [-0.2, 0) is 16.1 Å². The van der Waals surface area contributed by atoms with Gasteiger partial charge in [0.25, 0.3) is 5.89 Å². The number of likely N-dealkylation sites (tertiary alicyclic amines) is 1. The maximum Gasteiger partial charge on any atom is 0.257 e. The highest BCUT2D eigenvalue weighted by atomic mass is 16.5. The van der Waals surface area contributed by atoms with E-state index >= 15 is 0 Å². The molecule has 138 valence electrons. The van der Waals surface area contributed by atoms with Gasteiger partial charge in [0.15, 0.2) is 5.82 Å². The molecule has 2 aliphatic heterocycles. The summed E-state index contributed by atoms with van der Waals surface area (Å²) in [5, 5.41) is 4.11. The first-order chi connectivity index (χ1) is 12.7. The second-order valence-electron chi connectivity index (χ2n) is 6.95. The molecule has 2 aliphatic rings. The zero-order valence-electron chi connectivity index (χ0n) is 15.1. The Morgan fingerprint density at radius 2 is 1.96 bits per heavy atom. The summed E-state index contributed by atoms with van der Waals surface area (Å²) in [5.74, 6) is 1.35. The predicted molar refractivity (Wildman–Crippen MR) is 95.3 cm³/mol. The molecule has 2 fully saturated rings. The number of hydrogen-bond acceptors (Lipinski definition) is 6. The second kappa shape index (κ2) is 7.55. The molecular weight excluding hydrogens is 332 g/mol. The number of carbonyl (C=O) groups excluding carboxylic acids is 1. The van der Waals surface area contributed by atoms with Gasteiger partial charge >= 0.3 is 0 Å². The number of aryl methyl sites for hydroxylation is 1. The van der Waals surface area contributed by atoms with Gasteiger partial charge < -0.3 is 14.2 Å². The van der Waals surface area contributed by atoms with E-state index in [4.69, 9.17) is 9.26 Å². The van der Waals surface area contributed by atoms with E-state index in [2.05, 4.69) is 15.0 Å². The average molecular weight is 356 g/mol. The summed E-state index contributed by atoms with van der Waals surface area (Å²) >= 11 is 0. The van der Waals surface area contributed by atoms with Gasteiger partial charge in [0.1, 0.15) is 0 Å². The fraction of sp³-hybridized carbons (Fsp3) is 0.526. The standard InChI is InChI=1S/C19H24N4O3/c1-14-4-6-15(7-5-14)18-20-17(21-26-18)13-23-8-2-3-16(23)19(24)22-9-11-25-12-10-22/h4-7,16H,2-3,8-13H2,1H3/t16-/m0/s1. The Morgan fingerprint density at radius 3 is 2.73 bits per heavy atom. The molecule has 2 saturated heterocycles. The third kappa shape index (κ3) is 3.64.